The van der Waals surface area contributed by atoms with Gasteiger partial charge in [0, 0.05) is 32.2 Å². The number of nitrogens with one attached hydrogen (secondary N) is 1. The van der Waals surface area contributed by atoms with E-state index in [9.17, 15) is 0 Å². The zero-order chi connectivity index (χ0) is 13.0. The lowest BCUT2D eigenvalue weighted by atomic mass is 10.1. The van der Waals surface area contributed by atoms with E-state index in [-0.39, 0.29) is 0 Å². The van der Waals surface area contributed by atoms with E-state index in [1.807, 2.05) is 7.05 Å². The highest BCUT2D eigenvalue weighted by Crippen LogP contribution is 2.17. The standard InChI is InChI=1S/C14H19N3S/c1-15-14-16-12(10-18-14)7-4-11-5-8-13(9-6-11)17(2)3/h5-6,8-10H,4,7H2,1-3H3,(H,15,16). The Morgan fingerprint density at radius 3 is 2.44 bits per heavy atom. The third-order valence-corrected chi connectivity index (χ3v) is 3.80. The highest BCUT2D eigenvalue weighted by atomic mass is 32.1. The van der Waals surface area contributed by atoms with Gasteiger partial charge in [-0.2, -0.15) is 0 Å². The molecule has 0 aliphatic carbocycles. The van der Waals surface area contributed by atoms with E-state index < -0.39 is 0 Å². The van der Waals surface area contributed by atoms with Gasteiger partial charge >= 0.3 is 0 Å². The van der Waals surface area contributed by atoms with E-state index in [1.54, 1.807) is 11.3 Å². The van der Waals surface area contributed by atoms with Gasteiger partial charge in [-0.05, 0) is 30.5 Å². The Bertz CT molecular complexity index is 488. The van der Waals surface area contributed by atoms with Crippen molar-refractivity contribution in [2.45, 2.75) is 12.8 Å². The summed E-state index contributed by atoms with van der Waals surface area (Å²) in [5.41, 5.74) is 3.77. The van der Waals surface area contributed by atoms with E-state index in [0.29, 0.717) is 0 Å². The van der Waals surface area contributed by atoms with Crippen LogP contribution in [0.4, 0.5) is 10.8 Å². The maximum Gasteiger partial charge on any atom is 0.182 e. The van der Waals surface area contributed by atoms with Crippen molar-refractivity contribution in [3.8, 4) is 0 Å². The van der Waals surface area contributed by atoms with Crippen LogP contribution in [0.3, 0.4) is 0 Å². The van der Waals surface area contributed by atoms with Gasteiger partial charge in [0.15, 0.2) is 5.13 Å². The smallest absolute Gasteiger partial charge is 0.182 e. The lowest BCUT2D eigenvalue weighted by Gasteiger charge is -2.12. The zero-order valence-electron chi connectivity index (χ0n) is 11.1. The van der Waals surface area contributed by atoms with Crippen LogP contribution in [-0.4, -0.2) is 26.1 Å². The van der Waals surface area contributed by atoms with Gasteiger partial charge in [0.2, 0.25) is 0 Å². The van der Waals surface area contributed by atoms with E-state index in [4.69, 9.17) is 0 Å². The molecule has 0 amide bonds. The van der Waals surface area contributed by atoms with Crippen LogP contribution in [0.25, 0.3) is 0 Å². The van der Waals surface area contributed by atoms with Crippen LogP contribution in [0.5, 0.6) is 0 Å². The molecule has 0 unspecified atom stereocenters. The van der Waals surface area contributed by atoms with Crippen molar-refractivity contribution in [3.63, 3.8) is 0 Å². The molecule has 2 aromatic rings. The van der Waals surface area contributed by atoms with Gasteiger partial charge in [-0.1, -0.05) is 12.1 Å². The molecular formula is C14H19N3S. The van der Waals surface area contributed by atoms with Crippen LogP contribution < -0.4 is 10.2 Å². The zero-order valence-corrected chi connectivity index (χ0v) is 11.9. The van der Waals surface area contributed by atoms with Crippen molar-refractivity contribution in [1.29, 1.82) is 0 Å². The molecular weight excluding hydrogens is 242 g/mol. The summed E-state index contributed by atoms with van der Waals surface area (Å²) in [6, 6.07) is 8.71. The second-order valence-electron chi connectivity index (χ2n) is 4.45. The fourth-order valence-electron chi connectivity index (χ4n) is 1.77. The molecule has 1 heterocycles. The summed E-state index contributed by atoms with van der Waals surface area (Å²) < 4.78 is 0. The summed E-state index contributed by atoms with van der Waals surface area (Å²) >= 11 is 1.66. The van der Waals surface area contributed by atoms with Crippen molar-refractivity contribution < 1.29 is 0 Å². The van der Waals surface area contributed by atoms with Crippen molar-refractivity contribution in [1.82, 2.24) is 4.98 Å². The minimum Gasteiger partial charge on any atom is -0.378 e. The summed E-state index contributed by atoms with van der Waals surface area (Å²) in [6.07, 6.45) is 2.04. The van der Waals surface area contributed by atoms with E-state index in [1.165, 1.54) is 16.9 Å². The van der Waals surface area contributed by atoms with Crippen molar-refractivity contribution in [2.24, 2.45) is 0 Å². The van der Waals surface area contributed by atoms with Crippen molar-refractivity contribution in [3.05, 3.63) is 40.9 Å². The SMILES string of the molecule is CNc1nc(CCc2ccc(N(C)C)cc2)cs1. The number of anilines is 2. The highest BCUT2D eigenvalue weighted by Gasteiger charge is 2.01. The third-order valence-electron chi connectivity index (χ3n) is 2.89. The van der Waals surface area contributed by atoms with Gasteiger partial charge in [-0.3, -0.25) is 0 Å². The summed E-state index contributed by atoms with van der Waals surface area (Å²) in [5, 5.41) is 6.19. The predicted octanol–water partition coefficient (Wildman–Crippen LogP) is 3.04. The number of benzene rings is 1. The molecule has 1 aromatic carbocycles. The highest BCUT2D eigenvalue weighted by molar-refractivity contribution is 7.13. The van der Waals surface area contributed by atoms with E-state index >= 15 is 0 Å². The maximum absolute atomic E-state index is 4.49. The Kier molecular flexibility index (Phi) is 4.20. The molecule has 0 bridgehead atoms. The monoisotopic (exact) mass is 261 g/mol. The van der Waals surface area contributed by atoms with E-state index in [0.717, 1.165) is 18.0 Å². The first-order chi connectivity index (χ1) is 8.69. The van der Waals surface area contributed by atoms with Gasteiger partial charge in [0.1, 0.15) is 0 Å². The normalized spacial score (nSPS) is 10.4. The molecule has 0 saturated heterocycles. The summed E-state index contributed by atoms with van der Waals surface area (Å²) in [7, 11) is 6.02. The number of hydrogen-bond acceptors (Lipinski definition) is 4. The van der Waals surface area contributed by atoms with Crippen molar-refractivity contribution in [2.75, 3.05) is 31.4 Å². The number of aryl methyl sites for hydroxylation is 2. The lowest BCUT2D eigenvalue weighted by molar-refractivity contribution is 0.926. The predicted molar refractivity (Wildman–Crippen MR) is 79.8 cm³/mol. The first kappa shape index (κ1) is 12.9. The van der Waals surface area contributed by atoms with Crippen LogP contribution in [0.2, 0.25) is 0 Å². The number of rotatable bonds is 5. The lowest BCUT2D eigenvalue weighted by Crippen LogP contribution is -2.08. The second-order valence-corrected chi connectivity index (χ2v) is 5.31. The fourth-order valence-corrected chi connectivity index (χ4v) is 2.48. The van der Waals surface area contributed by atoms with Crippen LogP contribution >= 0.6 is 11.3 Å². The summed E-state index contributed by atoms with van der Waals surface area (Å²) in [6.45, 7) is 0. The Hall–Kier alpha value is -1.55. The number of nitrogens with zero attached hydrogens (tertiary/aromatic N) is 2. The second kappa shape index (κ2) is 5.87. The van der Waals surface area contributed by atoms with Crippen LogP contribution in [0, 0.1) is 0 Å². The minimum absolute atomic E-state index is 0.993. The molecule has 0 spiro atoms. The molecule has 0 fully saturated rings. The molecule has 0 aliphatic rings. The number of hydrogen-bond donors (Lipinski definition) is 1. The van der Waals surface area contributed by atoms with Gasteiger partial charge < -0.3 is 10.2 Å². The first-order valence-corrected chi connectivity index (χ1v) is 6.95. The third kappa shape index (κ3) is 3.23. The summed E-state index contributed by atoms with van der Waals surface area (Å²) in [4.78, 5) is 6.60. The Balaban J connectivity index is 1.93. The molecule has 4 heteroatoms. The molecule has 1 aromatic heterocycles. The van der Waals surface area contributed by atoms with Gasteiger partial charge in [-0.15, -0.1) is 11.3 Å². The molecule has 96 valence electrons. The summed E-state index contributed by atoms with van der Waals surface area (Å²) in [5.74, 6) is 0. The van der Waals surface area contributed by atoms with Gasteiger partial charge in [-0.25, -0.2) is 4.98 Å². The molecule has 0 radical (unpaired) electrons. The fraction of sp³-hybridized carbons (Fsp3) is 0.357. The minimum atomic E-state index is 0.993. The molecule has 0 saturated carbocycles. The number of aromatic nitrogens is 1. The van der Waals surface area contributed by atoms with Gasteiger partial charge in [0.05, 0.1) is 5.69 Å². The molecule has 3 nitrogen and oxygen atoms in total. The quantitative estimate of drug-likeness (QED) is 0.896. The van der Waals surface area contributed by atoms with Crippen molar-refractivity contribution >= 4 is 22.2 Å². The van der Waals surface area contributed by atoms with E-state index in [2.05, 4.69) is 58.9 Å². The average Bonchev–Trinajstić information content (AvgIpc) is 2.85. The molecule has 0 atom stereocenters. The first-order valence-electron chi connectivity index (χ1n) is 6.07. The Morgan fingerprint density at radius 1 is 1.17 bits per heavy atom. The van der Waals surface area contributed by atoms with Crippen LogP contribution in [0.15, 0.2) is 29.6 Å². The molecule has 1 N–H and O–H groups in total. The molecule has 18 heavy (non-hydrogen) atoms. The average molecular weight is 261 g/mol. The van der Waals surface area contributed by atoms with Crippen LogP contribution in [0.1, 0.15) is 11.3 Å². The molecule has 0 aliphatic heterocycles. The maximum atomic E-state index is 4.49. The largest absolute Gasteiger partial charge is 0.378 e. The van der Waals surface area contributed by atoms with Gasteiger partial charge in [0.25, 0.3) is 0 Å². The number of thiazole rings is 1. The topological polar surface area (TPSA) is 28.2 Å². The molecule has 2 rings (SSSR count). The Morgan fingerprint density at radius 2 is 1.89 bits per heavy atom. The van der Waals surface area contributed by atoms with Crippen LogP contribution in [-0.2, 0) is 12.8 Å². The Labute approximate surface area is 112 Å².